The van der Waals surface area contributed by atoms with Gasteiger partial charge in [-0.2, -0.15) is 5.06 Å². The minimum Gasteiger partial charge on any atom is -0.496 e. The summed E-state index contributed by atoms with van der Waals surface area (Å²) in [6.45, 7) is 8.77. The van der Waals surface area contributed by atoms with Gasteiger partial charge in [-0.15, -0.1) is 0 Å². The van der Waals surface area contributed by atoms with Crippen molar-refractivity contribution in [2.45, 2.75) is 110 Å². The molecule has 302 valence electrons. The zero-order valence-electron chi connectivity index (χ0n) is 33.5. The highest BCUT2D eigenvalue weighted by Gasteiger charge is 2.57. The Labute approximate surface area is 325 Å². The van der Waals surface area contributed by atoms with Crippen molar-refractivity contribution < 1.29 is 34.3 Å². The molecule has 1 aliphatic heterocycles. The molecular formula is C42H61N5O8. The second kappa shape index (κ2) is 16.9. The number of fused-ring (bicyclic) bond motifs is 2. The number of non-ortho nitro benzene ring substituents is 1. The van der Waals surface area contributed by atoms with Crippen molar-refractivity contribution in [3.05, 3.63) is 57.6 Å². The van der Waals surface area contributed by atoms with Crippen LogP contribution < -0.4 is 15.4 Å². The molecule has 0 unspecified atom stereocenters. The lowest BCUT2D eigenvalue weighted by Crippen LogP contribution is -2.62. The van der Waals surface area contributed by atoms with E-state index in [1.807, 2.05) is 20.2 Å². The number of nitrogens with one attached hydrogen (secondary N) is 2. The van der Waals surface area contributed by atoms with Gasteiger partial charge in [0.15, 0.2) is 0 Å². The highest BCUT2D eigenvalue weighted by molar-refractivity contribution is 5.97. The topological polar surface area (TPSA) is 167 Å². The highest BCUT2D eigenvalue weighted by Crippen LogP contribution is 2.61. The lowest BCUT2D eigenvalue weighted by molar-refractivity contribution is -0.384. The maximum Gasteiger partial charge on any atom is 0.270 e. The van der Waals surface area contributed by atoms with Gasteiger partial charge in [-0.05, 0) is 87.4 Å². The summed E-state index contributed by atoms with van der Waals surface area (Å²) in [4.78, 5) is 48.1. The first-order valence-corrected chi connectivity index (χ1v) is 20.1. The number of aliphatic hydroxyl groups excluding tert-OH is 2. The van der Waals surface area contributed by atoms with Crippen LogP contribution in [0.3, 0.4) is 0 Å². The summed E-state index contributed by atoms with van der Waals surface area (Å²) in [5.41, 5.74) is 1.79. The molecule has 7 rings (SSSR count). The van der Waals surface area contributed by atoms with E-state index in [0.29, 0.717) is 52.7 Å². The Bertz CT molecular complexity index is 1710. The van der Waals surface area contributed by atoms with Gasteiger partial charge in [-0.25, -0.2) is 0 Å². The molecule has 9 atom stereocenters. The Balaban J connectivity index is 1.29. The normalized spacial score (nSPS) is 28.9. The van der Waals surface area contributed by atoms with Crippen LogP contribution in [0.2, 0.25) is 0 Å². The van der Waals surface area contributed by atoms with E-state index in [9.17, 15) is 29.9 Å². The number of para-hydroxylation sites is 1. The Morgan fingerprint density at radius 2 is 1.87 bits per heavy atom. The molecule has 4 N–H and O–H groups in total. The number of carbonyl (C=O) groups is 2. The van der Waals surface area contributed by atoms with Crippen molar-refractivity contribution in [2.75, 3.05) is 34.4 Å². The number of nitro groups is 1. The van der Waals surface area contributed by atoms with Gasteiger partial charge in [0, 0.05) is 53.4 Å². The monoisotopic (exact) mass is 763 g/mol. The number of carbonyl (C=O) groups excluding carboxylic acids is 2. The Morgan fingerprint density at radius 1 is 1.15 bits per heavy atom. The number of nitro benzene ring substituents is 1. The smallest absolute Gasteiger partial charge is 0.270 e. The average molecular weight is 764 g/mol. The summed E-state index contributed by atoms with van der Waals surface area (Å²) in [6.07, 6.45) is 5.79. The second-order valence-electron chi connectivity index (χ2n) is 17.5. The summed E-state index contributed by atoms with van der Waals surface area (Å²) >= 11 is 0. The van der Waals surface area contributed by atoms with Crippen LogP contribution >= 0.6 is 0 Å². The van der Waals surface area contributed by atoms with Crippen LogP contribution in [0.25, 0.3) is 11.1 Å². The molecule has 2 bridgehead atoms. The molecule has 4 aliphatic carbocycles. The molecular weight excluding hydrogens is 702 g/mol. The Morgan fingerprint density at radius 3 is 2.47 bits per heavy atom. The average Bonchev–Trinajstić information content (AvgIpc) is 3.53. The summed E-state index contributed by atoms with van der Waals surface area (Å²) in [7, 11) is 5.45. The second-order valence-corrected chi connectivity index (χ2v) is 17.5. The molecule has 0 aromatic heterocycles. The minimum atomic E-state index is -0.952. The molecule has 2 aromatic rings. The molecule has 4 saturated carbocycles. The number of ether oxygens (including phenoxy) is 1. The van der Waals surface area contributed by atoms with E-state index >= 15 is 0 Å². The fraction of sp³-hybridized carbons (Fsp3) is 0.667. The molecule has 2 aromatic carbocycles. The third kappa shape index (κ3) is 8.41. The van der Waals surface area contributed by atoms with Crippen LogP contribution in [0.15, 0.2) is 36.4 Å². The van der Waals surface area contributed by atoms with E-state index in [0.717, 1.165) is 32.1 Å². The number of hydroxylamine groups is 2. The van der Waals surface area contributed by atoms with Crippen molar-refractivity contribution in [1.82, 2.24) is 20.6 Å². The van der Waals surface area contributed by atoms with Crippen molar-refractivity contribution in [3.63, 3.8) is 0 Å². The molecule has 5 aliphatic rings. The van der Waals surface area contributed by atoms with E-state index in [1.54, 1.807) is 25.1 Å². The van der Waals surface area contributed by atoms with Gasteiger partial charge >= 0.3 is 0 Å². The number of aliphatic hydroxyl groups is 2. The number of nitrogens with zero attached hydrogens (tertiary/aromatic N) is 3. The predicted molar refractivity (Wildman–Crippen MR) is 209 cm³/mol. The van der Waals surface area contributed by atoms with Gasteiger partial charge in [0.25, 0.3) is 11.6 Å². The van der Waals surface area contributed by atoms with Crippen LogP contribution in [-0.2, 0) is 16.2 Å². The summed E-state index contributed by atoms with van der Waals surface area (Å²) in [5.74, 6) is 0.748. The first-order chi connectivity index (χ1) is 26.1. The largest absolute Gasteiger partial charge is 0.496 e. The minimum absolute atomic E-state index is 0.00657. The van der Waals surface area contributed by atoms with Gasteiger partial charge in [-0.3, -0.25) is 24.5 Å². The number of amides is 2. The third-order valence-electron chi connectivity index (χ3n) is 13.5. The van der Waals surface area contributed by atoms with Gasteiger partial charge in [0.05, 0.1) is 31.3 Å². The third-order valence-corrected chi connectivity index (χ3v) is 13.5. The van der Waals surface area contributed by atoms with E-state index in [-0.39, 0.29) is 53.7 Å². The molecule has 13 heteroatoms. The molecule has 55 heavy (non-hydrogen) atoms. The van der Waals surface area contributed by atoms with Crippen molar-refractivity contribution in [3.8, 4) is 16.9 Å². The maximum absolute atomic E-state index is 14.2. The van der Waals surface area contributed by atoms with Crippen LogP contribution in [0.1, 0.15) is 88.6 Å². The van der Waals surface area contributed by atoms with Gasteiger partial charge in [0.1, 0.15) is 17.9 Å². The number of likely N-dealkylation sites (N-methyl/N-ethyl adjacent to an activating group) is 1. The van der Waals surface area contributed by atoms with Crippen LogP contribution in [0.5, 0.6) is 5.75 Å². The van der Waals surface area contributed by atoms with Crippen LogP contribution in [0.4, 0.5) is 5.69 Å². The number of benzene rings is 2. The van der Waals surface area contributed by atoms with Gasteiger partial charge in [-0.1, -0.05) is 58.2 Å². The van der Waals surface area contributed by atoms with E-state index in [1.165, 1.54) is 37.1 Å². The van der Waals surface area contributed by atoms with Crippen LogP contribution in [0, 0.1) is 45.1 Å². The number of hydrogen-bond acceptors (Lipinski definition) is 10. The van der Waals surface area contributed by atoms with E-state index < -0.39 is 29.1 Å². The molecule has 5 fully saturated rings. The summed E-state index contributed by atoms with van der Waals surface area (Å²) in [5, 5.41) is 41.5. The lowest BCUT2D eigenvalue weighted by atomic mass is 9.45. The Hall–Kier alpha value is -3.62. The maximum atomic E-state index is 14.2. The first kappa shape index (κ1) is 41.0. The Kier molecular flexibility index (Phi) is 12.6. The predicted octanol–water partition coefficient (Wildman–Crippen LogP) is 5.17. The fourth-order valence-corrected chi connectivity index (χ4v) is 10.3. The highest BCUT2D eigenvalue weighted by atomic mass is 16.7. The van der Waals surface area contributed by atoms with Crippen molar-refractivity contribution in [1.29, 1.82) is 0 Å². The lowest BCUT2D eigenvalue weighted by Gasteiger charge is -2.62. The molecule has 1 saturated heterocycles. The zero-order chi connectivity index (χ0) is 39.8. The van der Waals surface area contributed by atoms with Crippen molar-refractivity contribution in [2.24, 2.45) is 35.0 Å². The molecule has 1 heterocycles. The van der Waals surface area contributed by atoms with E-state index in [4.69, 9.17) is 9.57 Å². The molecule has 13 nitrogen and oxygen atoms in total. The van der Waals surface area contributed by atoms with Crippen LogP contribution in [-0.4, -0.2) is 102 Å². The SMILES string of the molecule is COc1c(CN2O[C@@H](CO)[C@@H]([C@H](C)O)[C@H]2C(=O)N[C@H]2C[C@H]3C[C@@H]([C@@H]2C)C3(C)C)cccc1-c1cc(C(=O)N[C@H](CN(C)C)C2CCCCC2)cc([N+](=O)[O-])c1. The fourth-order valence-electron chi connectivity index (χ4n) is 10.3. The standard InChI is InChI=1S/C42H61N5O8/c1-24-33-19-30(42(33,3)4)20-34(24)43-41(51)38-37(25(2)49)36(23-48)55-46(38)21-27-14-11-15-32(39(27)54-7)28-16-29(18-31(17-28)47(52)53)40(50)44-35(22-45(5)6)26-12-9-8-10-13-26/h11,14-18,24-26,30,33-38,48-49H,8-10,12-13,19-23H2,1-7H3,(H,43,51)(H,44,50)/t24-,25-,30+,33-,34-,35+,36-,37+,38-/m0/s1. The first-order valence-electron chi connectivity index (χ1n) is 20.1. The zero-order valence-corrected chi connectivity index (χ0v) is 33.5. The van der Waals surface area contributed by atoms with E-state index in [2.05, 4.69) is 36.3 Å². The number of rotatable bonds is 14. The van der Waals surface area contributed by atoms with Crippen molar-refractivity contribution >= 4 is 17.5 Å². The molecule has 0 radical (unpaired) electrons. The number of methoxy groups -OCH3 is 1. The summed E-state index contributed by atoms with van der Waals surface area (Å²) < 4.78 is 5.97. The van der Waals surface area contributed by atoms with Gasteiger partial charge in [0.2, 0.25) is 5.91 Å². The quantitative estimate of drug-likeness (QED) is 0.149. The summed E-state index contributed by atoms with van der Waals surface area (Å²) in [6, 6.07) is 8.79. The van der Waals surface area contributed by atoms with Gasteiger partial charge < -0.3 is 30.5 Å². The molecule has 0 spiro atoms. The molecule has 2 amide bonds. The number of hydrogen-bond donors (Lipinski definition) is 4.